The summed E-state index contributed by atoms with van der Waals surface area (Å²) >= 11 is 0. The van der Waals surface area contributed by atoms with Gasteiger partial charge in [0.05, 0.1) is 0 Å². The molecule has 0 amide bonds. The first-order valence-corrected chi connectivity index (χ1v) is 50.1. The zero-order chi connectivity index (χ0) is 88.3. The molecule has 0 saturated carbocycles. The van der Waals surface area contributed by atoms with E-state index in [0.29, 0.717) is 0 Å². The van der Waals surface area contributed by atoms with Crippen molar-refractivity contribution >= 4 is 177 Å². The molecule has 0 atom stereocenters. The lowest BCUT2D eigenvalue weighted by atomic mass is 9.88. The van der Waals surface area contributed by atoms with Crippen molar-refractivity contribution in [3.05, 3.63) is 516 Å². The van der Waals surface area contributed by atoms with E-state index in [9.17, 15) is 9.13 Å². The van der Waals surface area contributed by atoms with Gasteiger partial charge in [0.2, 0.25) is 0 Å². The molecule has 0 heterocycles. The van der Waals surface area contributed by atoms with Crippen LogP contribution < -0.4 is 47.7 Å². The quantitative estimate of drug-likeness (QED) is 0.0584. The zero-order valence-corrected chi connectivity index (χ0v) is 74.8. The summed E-state index contributed by atoms with van der Waals surface area (Å²) in [6.45, 7) is 0. The highest BCUT2D eigenvalue weighted by molar-refractivity contribution is 7.86. The van der Waals surface area contributed by atoms with Gasteiger partial charge in [0.15, 0.2) is 21.4 Å². The number of hydrogen-bond acceptors (Lipinski definition) is 3. The molecular weight excluding hydrogens is 1650 g/mol. The Morgan fingerprint density at radius 3 is 0.705 bits per heavy atom. The topological polar surface area (TPSA) is 51.2 Å². The van der Waals surface area contributed by atoms with Crippen LogP contribution in [0.1, 0.15) is 0 Å². The van der Waals surface area contributed by atoms with Crippen LogP contribution in [-0.4, -0.2) is 0 Å². The molecule has 622 valence electrons. The van der Waals surface area contributed by atoms with Crippen molar-refractivity contribution < 1.29 is 13.7 Å². The van der Waals surface area contributed by atoms with Crippen molar-refractivity contribution in [1.29, 1.82) is 0 Å². The number of rotatable bonds is 15. The zero-order valence-electron chi connectivity index (χ0n) is 72.1. The van der Waals surface area contributed by atoms with E-state index in [1.165, 1.54) is 130 Å². The second-order valence-corrected chi connectivity index (χ2v) is 42.5. The summed E-state index contributed by atoms with van der Waals surface area (Å²) in [5, 5.41) is 32.6. The van der Waals surface area contributed by atoms with Gasteiger partial charge in [-0.1, -0.05) is 479 Å². The second kappa shape index (κ2) is 34.1. The normalized spacial score (nSPS) is 11.9. The smallest absolute Gasteiger partial charge is 0.171 e. The molecule has 0 saturated heterocycles. The van der Waals surface area contributed by atoms with Gasteiger partial charge < -0.3 is 13.7 Å². The van der Waals surface area contributed by atoms with Crippen LogP contribution >= 0.6 is 21.4 Å². The average molecular weight is 1740 g/mol. The maximum absolute atomic E-state index is 16.0. The first-order valence-electron chi connectivity index (χ1n) is 45.0. The van der Waals surface area contributed by atoms with Gasteiger partial charge in [0.25, 0.3) is 0 Å². The second-order valence-electron chi connectivity index (χ2n) is 34.2. The van der Waals surface area contributed by atoms with E-state index in [0.717, 1.165) is 92.2 Å². The van der Waals surface area contributed by atoms with Crippen LogP contribution in [0.2, 0.25) is 0 Å². The van der Waals surface area contributed by atoms with Gasteiger partial charge in [-0.25, -0.2) is 0 Å². The maximum atomic E-state index is 16.0. The summed E-state index contributed by atoms with van der Waals surface area (Å²) in [6, 6.07) is 179. The minimum atomic E-state index is -3.31. The first-order chi connectivity index (χ1) is 65.1. The molecule has 0 unspecified atom stereocenters. The van der Waals surface area contributed by atoms with Crippen molar-refractivity contribution in [3.8, 4) is 66.8 Å². The first kappa shape index (κ1) is 80.8. The van der Waals surface area contributed by atoms with Gasteiger partial charge >= 0.3 is 0 Å². The molecule has 3 nitrogen and oxygen atoms in total. The Bertz CT molecular complexity index is 8410. The van der Waals surface area contributed by atoms with Gasteiger partial charge in [0, 0.05) is 47.7 Å². The van der Waals surface area contributed by atoms with Gasteiger partial charge in [0.1, 0.15) is 0 Å². The fraction of sp³-hybridized carbons (Fsp3) is 0. The lowest BCUT2D eigenvalue weighted by Crippen LogP contribution is -2.25. The predicted molar refractivity (Wildman–Crippen MR) is 568 cm³/mol. The SMILES string of the molecule is O=P(c1ccccc1)(c1ccccc1)c1cc(-c2c3ccccc3cc3ccccc23)cc(-c2c3ccccc3cc3ccccc23)c1.O=P(c1ccccc1)(c1ccccc1)c1ccc(-c2ccc(-c3ccc4ccc5cccc6ccc3c4c56)cc2)cc1.O=P(c1ccccc1)(c1ccccc1)c1cccc(-c2ccc(-c3ccc4ccc5cccc6ccc3c4c56)cc2)c1. The van der Waals surface area contributed by atoms with E-state index >= 15 is 4.57 Å². The van der Waals surface area contributed by atoms with Crippen LogP contribution in [0.5, 0.6) is 0 Å². The third-order valence-electron chi connectivity index (χ3n) is 26.7. The Balaban J connectivity index is 0.000000113. The number of fused-ring (bicyclic) bond motifs is 4. The van der Waals surface area contributed by atoms with Crippen molar-refractivity contribution in [2.45, 2.75) is 0 Å². The Hall–Kier alpha value is -15.7. The molecule has 0 fully saturated rings. The Labute approximate surface area is 767 Å². The van der Waals surface area contributed by atoms with E-state index in [2.05, 4.69) is 309 Å². The van der Waals surface area contributed by atoms with Crippen LogP contribution in [-0.2, 0) is 13.7 Å². The Kier molecular flexibility index (Phi) is 20.9. The molecule has 25 aromatic carbocycles. The minimum absolute atomic E-state index is 0.821. The lowest BCUT2D eigenvalue weighted by Gasteiger charge is -2.23. The van der Waals surface area contributed by atoms with Crippen LogP contribution in [0, 0.1) is 0 Å². The summed E-state index contributed by atoms with van der Waals surface area (Å²) in [7, 11) is -9.34. The Morgan fingerprint density at radius 1 is 0.121 bits per heavy atom. The molecular formula is C126H85O3P3. The summed E-state index contributed by atoms with van der Waals surface area (Å²) in [5.74, 6) is 0. The van der Waals surface area contributed by atoms with Crippen molar-refractivity contribution in [3.63, 3.8) is 0 Å². The predicted octanol–water partition coefficient (Wildman–Crippen LogP) is 30.4. The van der Waals surface area contributed by atoms with Gasteiger partial charge in [-0.3, -0.25) is 0 Å². The fourth-order valence-corrected chi connectivity index (χ4v) is 28.4. The molecule has 132 heavy (non-hydrogen) atoms. The van der Waals surface area contributed by atoms with Crippen LogP contribution in [0.3, 0.4) is 0 Å². The molecule has 25 rings (SSSR count). The molecule has 0 spiro atoms. The minimum Gasteiger partial charge on any atom is -0.309 e. The molecule has 0 radical (unpaired) electrons. The third kappa shape index (κ3) is 14.3. The Morgan fingerprint density at radius 2 is 0.356 bits per heavy atom. The van der Waals surface area contributed by atoms with E-state index in [1.807, 2.05) is 206 Å². The van der Waals surface area contributed by atoms with E-state index in [1.54, 1.807) is 0 Å². The monoisotopic (exact) mass is 1740 g/mol. The lowest BCUT2D eigenvalue weighted by molar-refractivity contribution is 0.591. The summed E-state index contributed by atoms with van der Waals surface area (Å²) in [5.41, 5.74) is 13.7. The molecule has 25 aromatic rings. The van der Waals surface area contributed by atoms with Gasteiger partial charge in [-0.15, -0.1) is 0 Å². The van der Waals surface area contributed by atoms with Gasteiger partial charge in [-0.05, 0) is 211 Å². The highest BCUT2D eigenvalue weighted by Gasteiger charge is 2.34. The maximum Gasteiger partial charge on any atom is 0.171 e. The molecule has 0 N–H and O–H groups in total. The molecule has 6 heteroatoms. The molecule has 0 aliphatic rings. The summed E-state index contributed by atoms with van der Waals surface area (Å²) < 4.78 is 45.7. The highest BCUT2D eigenvalue weighted by Crippen LogP contribution is 2.51. The molecule has 0 aromatic heterocycles. The van der Waals surface area contributed by atoms with Crippen molar-refractivity contribution in [1.82, 2.24) is 0 Å². The molecule has 0 bridgehead atoms. The van der Waals surface area contributed by atoms with Gasteiger partial charge in [-0.2, -0.15) is 0 Å². The number of benzene rings is 25. The standard InChI is InChI=1S/C46H31OP.2C40H27OP/c47-48(38-19-3-1-4-20-38,39-21-5-2-6-22-39)40-30-36(45-41-23-11-7-15-32(41)27-33-16-8-12-24-42(33)45)29-37(31-40)46-43-25-13-9-17-34(43)28-35-18-10-14-26-44(35)46;41-42(34-12-3-1-4-13-34,35-14-5-2-6-15-35)36-16-8-11-33(27-36)28-17-19-29(20-18-28)37-25-23-32-22-21-30-9-7-10-31-24-26-38(37)40(32)39(30)31;41-42(34-10-3-1-4-11-34,35-12-5-2-6-13-35)36-24-20-29(21-25-36)28-14-16-30(17-15-28)37-26-22-33-19-18-31-8-7-9-32-23-27-38(37)40(33)39(31)32/h1-31H;2*1-27H. The van der Waals surface area contributed by atoms with Crippen molar-refractivity contribution in [2.75, 3.05) is 0 Å². The van der Waals surface area contributed by atoms with E-state index < -0.39 is 21.4 Å². The van der Waals surface area contributed by atoms with E-state index in [4.69, 9.17) is 0 Å². The summed E-state index contributed by atoms with van der Waals surface area (Å²) in [6.07, 6.45) is 0. The number of hydrogen-bond donors (Lipinski definition) is 0. The van der Waals surface area contributed by atoms with Crippen LogP contribution in [0.4, 0.5) is 0 Å². The molecule has 0 aliphatic carbocycles. The van der Waals surface area contributed by atoms with Crippen molar-refractivity contribution in [2.24, 2.45) is 0 Å². The average Bonchev–Trinajstić information content (AvgIpc) is 0.730. The molecule has 0 aliphatic heterocycles. The summed E-state index contributed by atoms with van der Waals surface area (Å²) in [4.78, 5) is 0. The van der Waals surface area contributed by atoms with E-state index in [-0.39, 0.29) is 0 Å². The van der Waals surface area contributed by atoms with Crippen LogP contribution in [0.15, 0.2) is 516 Å². The fourth-order valence-electron chi connectivity index (χ4n) is 20.3. The van der Waals surface area contributed by atoms with Crippen LogP contribution in [0.25, 0.3) is 174 Å². The highest BCUT2D eigenvalue weighted by atomic mass is 31.2. The largest absolute Gasteiger partial charge is 0.309 e. The third-order valence-corrected chi connectivity index (χ3v) is 35.8.